The molecule has 2 N–H and O–H groups in total. The molecule has 1 rings (SSSR count). The first kappa shape index (κ1) is 15.3. The molecule has 1 aromatic carbocycles. The van der Waals surface area contributed by atoms with Crippen molar-refractivity contribution in [2.45, 2.75) is 19.0 Å². The van der Waals surface area contributed by atoms with Crippen LogP contribution in [0.15, 0.2) is 18.2 Å². The minimum atomic E-state index is -0.934. The third-order valence-electron chi connectivity index (χ3n) is 2.50. The monoisotopic (exact) mass is 291 g/mol. The average Bonchev–Trinajstić information content (AvgIpc) is 2.31. The van der Waals surface area contributed by atoms with Gasteiger partial charge in [-0.05, 0) is 30.6 Å². The molecule has 0 aliphatic heterocycles. The minimum Gasteiger partial charge on any atom is -0.480 e. The molecule has 0 aliphatic rings. The fourth-order valence-corrected chi connectivity index (χ4v) is 2.18. The summed E-state index contributed by atoms with van der Waals surface area (Å²) < 4.78 is 13.5. The van der Waals surface area contributed by atoms with Crippen molar-refractivity contribution in [3.63, 3.8) is 0 Å². The number of aliphatic carboxylic acids is 1. The van der Waals surface area contributed by atoms with Crippen molar-refractivity contribution in [3.8, 4) is 0 Å². The Morgan fingerprint density at radius 1 is 1.61 bits per heavy atom. The van der Waals surface area contributed by atoms with Crippen LogP contribution in [0.5, 0.6) is 0 Å². The lowest BCUT2D eigenvalue weighted by molar-refractivity contribution is -0.139. The Hall–Kier alpha value is -0.780. The van der Waals surface area contributed by atoms with Crippen molar-refractivity contribution in [1.82, 2.24) is 5.32 Å². The Balaban J connectivity index is 2.64. The van der Waals surface area contributed by atoms with Gasteiger partial charge in [0.15, 0.2) is 0 Å². The molecule has 18 heavy (non-hydrogen) atoms. The molecule has 0 aromatic heterocycles. The van der Waals surface area contributed by atoms with Crippen LogP contribution in [0.25, 0.3) is 0 Å². The van der Waals surface area contributed by atoms with Gasteiger partial charge >= 0.3 is 5.97 Å². The smallest absolute Gasteiger partial charge is 0.320 e. The number of carboxylic acids is 1. The third kappa shape index (κ3) is 4.48. The Bertz CT molecular complexity index is 397. The maximum absolute atomic E-state index is 13.5. The fourth-order valence-electron chi connectivity index (χ4n) is 1.48. The van der Waals surface area contributed by atoms with Crippen molar-refractivity contribution >= 4 is 29.3 Å². The van der Waals surface area contributed by atoms with E-state index in [0.717, 1.165) is 5.75 Å². The van der Waals surface area contributed by atoms with Gasteiger partial charge in [0.2, 0.25) is 0 Å². The van der Waals surface area contributed by atoms with Gasteiger partial charge in [0, 0.05) is 17.1 Å². The van der Waals surface area contributed by atoms with E-state index in [2.05, 4.69) is 5.32 Å². The number of hydrogen-bond donors (Lipinski definition) is 2. The SMILES string of the molecule is CSCC[C@H](NCc1c(F)cccc1Cl)C(=O)O. The molecule has 0 amide bonds. The number of hydrogen-bond acceptors (Lipinski definition) is 3. The van der Waals surface area contributed by atoms with E-state index < -0.39 is 17.8 Å². The van der Waals surface area contributed by atoms with Crippen molar-refractivity contribution in [3.05, 3.63) is 34.6 Å². The lowest BCUT2D eigenvalue weighted by atomic mass is 10.1. The van der Waals surface area contributed by atoms with Crippen molar-refractivity contribution in [2.75, 3.05) is 12.0 Å². The van der Waals surface area contributed by atoms with Gasteiger partial charge in [0.1, 0.15) is 11.9 Å². The summed E-state index contributed by atoms with van der Waals surface area (Å²) in [5.74, 6) is -0.630. The van der Waals surface area contributed by atoms with E-state index in [0.29, 0.717) is 17.0 Å². The quantitative estimate of drug-likeness (QED) is 0.811. The zero-order chi connectivity index (χ0) is 13.5. The summed E-state index contributed by atoms with van der Waals surface area (Å²) in [5.41, 5.74) is 0.301. The number of rotatable bonds is 7. The standard InChI is InChI=1S/C12H15ClFNO2S/c1-18-6-5-11(12(16)17)15-7-8-9(13)3-2-4-10(8)14/h2-4,11,15H,5-7H2,1H3,(H,16,17)/t11-/m0/s1. The zero-order valence-electron chi connectivity index (χ0n) is 9.95. The van der Waals surface area contributed by atoms with Crippen LogP contribution >= 0.6 is 23.4 Å². The van der Waals surface area contributed by atoms with E-state index in [1.165, 1.54) is 12.1 Å². The summed E-state index contributed by atoms with van der Waals surface area (Å²) in [7, 11) is 0. The molecular formula is C12H15ClFNO2S. The average molecular weight is 292 g/mol. The van der Waals surface area contributed by atoms with E-state index in [-0.39, 0.29) is 6.54 Å². The van der Waals surface area contributed by atoms with Crippen LogP contribution in [0.3, 0.4) is 0 Å². The van der Waals surface area contributed by atoms with Gasteiger partial charge in [0.25, 0.3) is 0 Å². The van der Waals surface area contributed by atoms with Gasteiger partial charge in [0.05, 0.1) is 0 Å². The first-order valence-corrected chi connectivity index (χ1v) is 7.21. The first-order valence-electron chi connectivity index (χ1n) is 5.44. The lowest BCUT2D eigenvalue weighted by Crippen LogP contribution is -2.36. The molecule has 0 heterocycles. The highest BCUT2D eigenvalue weighted by molar-refractivity contribution is 7.98. The Kier molecular flexibility index (Phi) is 6.46. The van der Waals surface area contributed by atoms with Crippen LogP contribution in [0.1, 0.15) is 12.0 Å². The number of benzene rings is 1. The van der Waals surface area contributed by atoms with Crippen molar-refractivity contribution < 1.29 is 14.3 Å². The molecule has 3 nitrogen and oxygen atoms in total. The maximum atomic E-state index is 13.5. The third-order valence-corrected chi connectivity index (χ3v) is 3.49. The van der Waals surface area contributed by atoms with Gasteiger partial charge in [-0.2, -0.15) is 11.8 Å². The molecular weight excluding hydrogens is 277 g/mol. The van der Waals surface area contributed by atoms with Crippen LogP contribution in [0.4, 0.5) is 4.39 Å². The molecule has 0 bridgehead atoms. The lowest BCUT2D eigenvalue weighted by Gasteiger charge is -2.14. The molecule has 0 radical (unpaired) electrons. The van der Waals surface area contributed by atoms with E-state index in [4.69, 9.17) is 16.7 Å². The normalized spacial score (nSPS) is 12.4. The Morgan fingerprint density at radius 2 is 2.33 bits per heavy atom. The predicted molar refractivity (Wildman–Crippen MR) is 72.7 cm³/mol. The molecule has 0 spiro atoms. The van der Waals surface area contributed by atoms with Crippen LogP contribution in [0, 0.1) is 5.82 Å². The van der Waals surface area contributed by atoms with E-state index >= 15 is 0 Å². The highest BCUT2D eigenvalue weighted by atomic mass is 35.5. The fraction of sp³-hybridized carbons (Fsp3) is 0.417. The number of thioether (sulfide) groups is 1. The molecule has 1 aromatic rings. The number of carboxylic acid groups (broad SMARTS) is 1. The second kappa shape index (κ2) is 7.61. The summed E-state index contributed by atoms with van der Waals surface area (Å²) in [6.45, 7) is 0.108. The molecule has 1 atom stereocenters. The molecule has 0 aliphatic carbocycles. The number of carbonyl (C=O) groups is 1. The largest absolute Gasteiger partial charge is 0.480 e. The number of halogens is 2. The summed E-state index contributed by atoms with van der Waals surface area (Å²) in [6, 6.07) is 3.72. The maximum Gasteiger partial charge on any atom is 0.320 e. The molecule has 100 valence electrons. The molecule has 0 saturated heterocycles. The zero-order valence-corrected chi connectivity index (χ0v) is 11.5. The van der Waals surface area contributed by atoms with E-state index in [1.807, 2.05) is 6.26 Å². The number of nitrogens with one attached hydrogen (secondary N) is 1. The van der Waals surface area contributed by atoms with Crippen molar-refractivity contribution in [2.24, 2.45) is 0 Å². The molecule has 0 saturated carbocycles. The highest BCUT2D eigenvalue weighted by Gasteiger charge is 2.17. The van der Waals surface area contributed by atoms with Crippen LogP contribution < -0.4 is 5.32 Å². The van der Waals surface area contributed by atoms with Gasteiger partial charge in [-0.15, -0.1) is 0 Å². The first-order chi connectivity index (χ1) is 8.56. The Morgan fingerprint density at radius 3 is 2.89 bits per heavy atom. The summed E-state index contributed by atoms with van der Waals surface area (Å²) in [4.78, 5) is 11.0. The van der Waals surface area contributed by atoms with Crippen molar-refractivity contribution in [1.29, 1.82) is 0 Å². The van der Waals surface area contributed by atoms with Gasteiger partial charge in [-0.1, -0.05) is 17.7 Å². The summed E-state index contributed by atoms with van der Waals surface area (Å²) in [6.07, 6.45) is 2.40. The van der Waals surface area contributed by atoms with Gasteiger partial charge in [-0.25, -0.2) is 4.39 Å². The van der Waals surface area contributed by atoms with E-state index in [9.17, 15) is 9.18 Å². The highest BCUT2D eigenvalue weighted by Crippen LogP contribution is 2.18. The molecule has 0 unspecified atom stereocenters. The van der Waals surface area contributed by atoms with E-state index in [1.54, 1.807) is 17.8 Å². The van der Waals surface area contributed by atoms with Gasteiger partial charge < -0.3 is 10.4 Å². The predicted octanol–water partition coefficient (Wildman–Crippen LogP) is 2.78. The summed E-state index contributed by atoms with van der Waals surface area (Å²) >= 11 is 7.44. The molecule has 0 fully saturated rings. The summed E-state index contributed by atoms with van der Waals surface area (Å²) in [5, 5.41) is 12.1. The second-order valence-corrected chi connectivity index (χ2v) is 5.15. The van der Waals surface area contributed by atoms with Crippen LogP contribution in [0.2, 0.25) is 5.02 Å². The van der Waals surface area contributed by atoms with Crippen LogP contribution in [-0.2, 0) is 11.3 Å². The second-order valence-electron chi connectivity index (χ2n) is 3.75. The minimum absolute atomic E-state index is 0.108. The topological polar surface area (TPSA) is 49.3 Å². The Labute approximate surface area is 115 Å². The van der Waals surface area contributed by atoms with Gasteiger partial charge in [-0.3, -0.25) is 4.79 Å². The van der Waals surface area contributed by atoms with Crippen LogP contribution in [-0.4, -0.2) is 29.1 Å². The molecule has 6 heteroatoms.